The van der Waals surface area contributed by atoms with Gasteiger partial charge in [0.25, 0.3) is 0 Å². The van der Waals surface area contributed by atoms with Gasteiger partial charge in [-0.15, -0.1) is 0 Å². The van der Waals surface area contributed by atoms with Crippen LogP contribution >= 0.6 is 11.6 Å². The third kappa shape index (κ3) is 2.21. The molecule has 5 heteroatoms. The summed E-state index contributed by atoms with van der Waals surface area (Å²) in [5.74, 6) is 1.30. The Morgan fingerprint density at radius 3 is 2.89 bits per heavy atom. The maximum Gasteiger partial charge on any atom is 0.184 e. The minimum absolute atomic E-state index is 0.0642. The van der Waals surface area contributed by atoms with Crippen molar-refractivity contribution in [3.63, 3.8) is 0 Å². The minimum atomic E-state index is -0.0642. The molecule has 1 aliphatic heterocycles. The molecule has 94 valence electrons. The molecule has 1 aromatic carbocycles. The number of rotatable bonds is 3. The van der Waals surface area contributed by atoms with E-state index in [0.29, 0.717) is 10.9 Å². The van der Waals surface area contributed by atoms with Crippen LogP contribution in [0.2, 0.25) is 5.15 Å². The summed E-state index contributed by atoms with van der Waals surface area (Å²) in [6, 6.07) is 9.51. The molecule has 1 aliphatic rings. The van der Waals surface area contributed by atoms with Crippen LogP contribution in [0.3, 0.4) is 0 Å². The average Bonchev–Trinajstić information content (AvgIpc) is 3.02. The van der Waals surface area contributed by atoms with Crippen molar-refractivity contribution in [3.05, 3.63) is 41.7 Å². The predicted octanol–water partition coefficient (Wildman–Crippen LogP) is 3.64. The highest BCUT2D eigenvalue weighted by molar-refractivity contribution is 6.31. The lowest BCUT2D eigenvalue weighted by Gasteiger charge is -2.11. The van der Waals surface area contributed by atoms with Crippen LogP contribution in [0.5, 0.6) is 11.5 Å². The number of halogens is 1. The van der Waals surface area contributed by atoms with Crippen molar-refractivity contribution in [2.75, 3.05) is 6.61 Å². The lowest BCUT2D eigenvalue weighted by Crippen LogP contribution is -2.08. The van der Waals surface area contributed by atoms with Gasteiger partial charge in [-0.1, -0.05) is 29.8 Å². The molecule has 0 radical (unpaired) electrons. The number of benzene rings is 1. The monoisotopic (exact) mass is 264 g/mol. The van der Waals surface area contributed by atoms with Crippen LogP contribution in [0.15, 0.2) is 36.5 Å². The van der Waals surface area contributed by atoms with Gasteiger partial charge < -0.3 is 9.47 Å². The second-order valence-electron chi connectivity index (χ2n) is 4.13. The zero-order valence-corrected chi connectivity index (χ0v) is 10.5. The molecule has 0 saturated carbocycles. The lowest BCUT2D eigenvalue weighted by molar-refractivity contribution is 0.0469. The highest BCUT2D eigenvalue weighted by Crippen LogP contribution is 2.33. The van der Waals surface area contributed by atoms with E-state index in [-0.39, 0.29) is 6.23 Å². The molecule has 0 bridgehead atoms. The van der Waals surface area contributed by atoms with E-state index in [0.717, 1.165) is 25.2 Å². The molecule has 0 amide bonds. The Kier molecular flexibility index (Phi) is 3.21. The molecular weight excluding hydrogens is 252 g/mol. The highest BCUT2D eigenvalue weighted by atomic mass is 35.5. The summed E-state index contributed by atoms with van der Waals surface area (Å²) in [7, 11) is 0. The van der Waals surface area contributed by atoms with Crippen molar-refractivity contribution in [3.8, 4) is 11.5 Å². The third-order valence-corrected chi connectivity index (χ3v) is 3.21. The molecule has 1 unspecified atom stereocenters. The first-order valence-corrected chi connectivity index (χ1v) is 6.30. The van der Waals surface area contributed by atoms with E-state index in [1.165, 1.54) is 0 Å². The average molecular weight is 265 g/mol. The summed E-state index contributed by atoms with van der Waals surface area (Å²) in [6.07, 6.45) is 3.53. The van der Waals surface area contributed by atoms with Crippen molar-refractivity contribution in [1.82, 2.24) is 9.78 Å². The first-order valence-electron chi connectivity index (χ1n) is 5.92. The van der Waals surface area contributed by atoms with Gasteiger partial charge >= 0.3 is 0 Å². The van der Waals surface area contributed by atoms with E-state index in [9.17, 15) is 0 Å². The lowest BCUT2D eigenvalue weighted by atomic mass is 10.3. The second kappa shape index (κ2) is 5.00. The number of ether oxygens (including phenoxy) is 2. The fourth-order valence-electron chi connectivity index (χ4n) is 1.97. The molecule has 18 heavy (non-hydrogen) atoms. The van der Waals surface area contributed by atoms with Crippen LogP contribution in [0.25, 0.3) is 0 Å². The van der Waals surface area contributed by atoms with Crippen LogP contribution in [0, 0.1) is 0 Å². The number of para-hydroxylation sites is 1. The van der Waals surface area contributed by atoms with Gasteiger partial charge in [-0.3, -0.25) is 0 Å². The van der Waals surface area contributed by atoms with Crippen LogP contribution in [-0.4, -0.2) is 16.4 Å². The second-order valence-corrected chi connectivity index (χ2v) is 4.48. The largest absolute Gasteiger partial charge is 0.452 e. The van der Waals surface area contributed by atoms with Gasteiger partial charge in [0.1, 0.15) is 5.75 Å². The molecule has 4 nitrogen and oxygen atoms in total. The summed E-state index contributed by atoms with van der Waals surface area (Å²) in [4.78, 5) is 0. The Bertz CT molecular complexity index is 521. The Morgan fingerprint density at radius 1 is 1.33 bits per heavy atom. The number of hydrogen-bond donors (Lipinski definition) is 0. The molecule has 0 aliphatic carbocycles. The summed E-state index contributed by atoms with van der Waals surface area (Å²) >= 11 is 6.25. The van der Waals surface area contributed by atoms with Gasteiger partial charge in [0, 0.05) is 6.61 Å². The van der Waals surface area contributed by atoms with Crippen molar-refractivity contribution in [1.29, 1.82) is 0 Å². The summed E-state index contributed by atoms with van der Waals surface area (Å²) in [6.45, 7) is 0.760. The first kappa shape index (κ1) is 11.6. The first-order chi connectivity index (χ1) is 8.84. The smallest absolute Gasteiger partial charge is 0.184 e. The van der Waals surface area contributed by atoms with E-state index in [1.54, 1.807) is 10.9 Å². The molecule has 1 saturated heterocycles. The summed E-state index contributed by atoms with van der Waals surface area (Å²) in [5, 5.41) is 4.71. The van der Waals surface area contributed by atoms with E-state index in [1.807, 2.05) is 30.3 Å². The molecule has 0 N–H and O–H groups in total. The SMILES string of the molecule is Clc1c(Oc2ccccc2)cnn1C1CCCO1. The Morgan fingerprint density at radius 2 is 2.17 bits per heavy atom. The fraction of sp³-hybridized carbons (Fsp3) is 0.308. The Balaban J connectivity index is 1.81. The molecule has 1 aromatic heterocycles. The molecular formula is C13H13ClN2O2. The zero-order valence-electron chi connectivity index (χ0n) is 9.75. The van der Waals surface area contributed by atoms with E-state index >= 15 is 0 Å². The summed E-state index contributed by atoms with van der Waals surface area (Å²) in [5.41, 5.74) is 0. The van der Waals surface area contributed by atoms with Crippen molar-refractivity contribution >= 4 is 11.6 Å². The Labute approximate surface area is 110 Å². The summed E-state index contributed by atoms with van der Waals surface area (Å²) < 4.78 is 12.9. The van der Waals surface area contributed by atoms with Crippen molar-refractivity contribution in [2.45, 2.75) is 19.1 Å². The van der Waals surface area contributed by atoms with Gasteiger partial charge in [0.05, 0.1) is 6.20 Å². The predicted molar refractivity (Wildman–Crippen MR) is 68.0 cm³/mol. The van der Waals surface area contributed by atoms with Crippen LogP contribution in [0.1, 0.15) is 19.1 Å². The number of aromatic nitrogens is 2. The Hall–Kier alpha value is -1.52. The number of nitrogens with zero attached hydrogens (tertiary/aromatic N) is 2. The molecule has 0 spiro atoms. The normalized spacial score (nSPS) is 19.1. The van der Waals surface area contributed by atoms with Gasteiger partial charge in [-0.25, -0.2) is 4.68 Å². The topological polar surface area (TPSA) is 36.3 Å². The van der Waals surface area contributed by atoms with Gasteiger partial charge in [-0.05, 0) is 25.0 Å². The fourth-order valence-corrected chi connectivity index (χ4v) is 2.21. The molecule has 1 atom stereocenters. The third-order valence-electron chi connectivity index (χ3n) is 2.85. The van der Waals surface area contributed by atoms with Crippen LogP contribution in [-0.2, 0) is 4.74 Å². The van der Waals surface area contributed by atoms with Crippen molar-refractivity contribution in [2.24, 2.45) is 0 Å². The van der Waals surface area contributed by atoms with Gasteiger partial charge in [0.15, 0.2) is 17.1 Å². The van der Waals surface area contributed by atoms with E-state index < -0.39 is 0 Å². The number of hydrogen-bond acceptors (Lipinski definition) is 3. The maximum absolute atomic E-state index is 6.25. The zero-order chi connectivity index (χ0) is 12.4. The minimum Gasteiger partial charge on any atom is -0.452 e. The van der Waals surface area contributed by atoms with E-state index in [2.05, 4.69) is 5.10 Å². The quantitative estimate of drug-likeness (QED) is 0.849. The molecule has 2 heterocycles. The van der Waals surface area contributed by atoms with Crippen molar-refractivity contribution < 1.29 is 9.47 Å². The maximum atomic E-state index is 6.25. The van der Waals surface area contributed by atoms with Crippen LogP contribution in [0.4, 0.5) is 0 Å². The molecule has 3 rings (SSSR count). The molecule has 2 aromatic rings. The highest BCUT2D eigenvalue weighted by Gasteiger charge is 2.22. The van der Waals surface area contributed by atoms with E-state index in [4.69, 9.17) is 21.1 Å². The molecule has 1 fully saturated rings. The van der Waals surface area contributed by atoms with Crippen LogP contribution < -0.4 is 4.74 Å². The van der Waals surface area contributed by atoms with Gasteiger partial charge in [0.2, 0.25) is 0 Å². The van der Waals surface area contributed by atoms with Gasteiger partial charge in [-0.2, -0.15) is 5.10 Å². The standard InChI is InChI=1S/C13H13ClN2O2/c14-13-11(18-10-5-2-1-3-6-10)9-15-16(13)12-7-4-8-17-12/h1-3,5-6,9,12H,4,7-8H2.